The normalized spacial score (nSPS) is 21.1. The van der Waals surface area contributed by atoms with Crippen molar-refractivity contribution >= 4 is 11.8 Å². The summed E-state index contributed by atoms with van der Waals surface area (Å²) in [6, 6.07) is 8.77. The monoisotopic (exact) mass is 281 g/mol. The Morgan fingerprint density at radius 2 is 2.21 bits per heavy atom. The van der Waals surface area contributed by atoms with Gasteiger partial charge in [-0.1, -0.05) is 12.1 Å². The standard InChI is InChI=1S/C15H23NO2S/c1-16-14(15-11-19-10-9-18-15)8-5-12-3-6-13(17-2)7-4-12/h3-4,6-7,14-16H,5,8-11H2,1-2H3. The summed E-state index contributed by atoms with van der Waals surface area (Å²) < 4.78 is 11.0. The maximum atomic E-state index is 5.85. The predicted octanol–water partition coefficient (Wildman–Crippen LogP) is 2.35. The SMILES string of the molecule is CNC(CCc1ccc(OC)cc1)C1CSCCO1. The van der Waals surface area contributed by atoms with Gasteiger partial charge in [0.25, 0.3) is 0 Å². The summed E-state index contributed by atoms with van der Waals surface area (Å²) in [5.74, 6) is 3.15. The number of methoxy groups -OCH3 is 1. The van der Waals surface area contributed by atoms with E-state index in [1.807, 2.05) is 30.9 Å². The highest BCUT2D eigenvalue weighted by molar-refractivity contribution is 7.99. The molecule has 1 heterocycles. The number of hydrogen-bond donors (Lipinski definition) is 1. The first-order valence-electron chi connectivity index (χ1n) is 6.83. The molecule has 0 amide bonds. The lowest BCUT2D eigenvalue weighted by molar-refractivity contribution is 0.0470. The Kier molecular flexibility index (Phi) is 6.01. The van der Waals surface area contributed by atoms with Crippen molar-refractivity contribution in [3.05, 3.63) is 29.8 Å². The summed E-state index contributed by atoms with van der Waals surface area (Å²) in [4.78, 5) is 0. The summed E-state index contributed by atoms with van der Waals surface area (Å²) >= 11 is 1.99. The molecule has 1 aliphatic rings. The van der Waals surface area contributed by atoms with Crippen LogP contribution in [0.3, 0.4) is 0 Å². The molecule has 106 valence electrons. The third-order valence-electron chi connectivity index (χ3n) is 3.56. The van der Waals surface area contributed by atoms with Crippen molar-refractivity contribution < 1.29 is 9.47 Å². The number of hydrogen-bond acceptors (Lipinski definition) is 4. The molecular weight excluding hydrogens is 258 g/mol. The van der Waals surface area contributed by atoms with Crippen molar-refractivity contribution in [3.63, 3.8) is 0 Å². The zero-order chi connectivity index (χ0) is 13.5. The molecule has 1 aliphatic heterocycles. The summed E-state index contributed by atoms with van der Waals surface area (Å²) in [5, 5.41) is 3.40. The van der Waals surface area contributed by atoms with Crippen LogP contribution in [0.2, 0.25) is 0 Å². The van der Waals surface area contributed by atoms with Gasteiger partial charge in [-0.2, -0.15) is 11.8 Å². The number of thioether (sulfide) groups is 1. The third-order valence-corrected chi connectivity index (χ3v) is 4.58. The van der Waals surface area contributed by atoms with Gasteiger partial charge in [0.15, 0.2) is 0 Å². The van der Waals surface area contributed by atoms with E-state index in [2.05, 4.69) is 17.4 Å². The summed E-state index contributed by atoms with van der Waals surface area (Å²) in [6.07, 6.45) is 2.52. The summed E-state index contributed by atoms with van der Waals surface area (Å²) in [6.45, 7) is 0.885. The van der Waals surface area contributed by atoms with Crippen molar-refractivity contribution in [2.24, 2.45) is 0 Å². The van der Waals surface area contributed by atoms with Gasteiger partial charge in [0.05, 0.1) is 19.8 Å². The van der Waals surface area contributed by atoms with Gasteiger partial charge in [-0.15, -0.1) is 0 Å². The number of benzene rings is 1. The average molecular weight is 281 g/mol. The zero-order valence-electron chi connectivity index (χ0n) is 11.7. The van der Waals surface area contributed by atoms with Crippen molar-refractivity contribution in [3.8, 4) is 5.75 Å². The molecule has 4 heteroatoms. The van der Waals surface area contributed by atoms with E-state index in [1.165, 1.54) is 5.56 Å². The molecule has 0 aliphatic carbocycles. The fraction of sp³-hybridized carbons (Fsp3) is 0.600. The van der Waals surface area contributed by atoms with Crippen LogP contribution < -0.4 is 10.1 Å². The molecular formula is C15H23NO2S. The lowest BCUT2D eigenvalue weighted by atomic mass is 10.0. The van der Waals surface area contributed by atoms with E-state index < -0.39 is 0 Å². The second-order valence-electron chi connectivity index (χ2n) is 4.77. The van der Waals surface area contributed by atoms with Gasteiger partial charge in [0.2, 0.25) is 0 Å². The number of nitrogens with one attached hydrogen (secondary N) is 1. The smallest absolute Gasteiger partial charge is 0.118 e. The molecule has 0 spiro atoms. The largest absolute Gasteiger partial charge is 0.497 e. The molecule has 1 fully saturated rings. The van der Waals surface area contributed by atoms with Gasteiger partial charge in [0, 0.05) is 17.5 Å². The lowest BCUT2D eigenvalue weighted by Gasteiger charge is -2.30. The highest BCUT2D eigenvalue weighted by Crippen LogP contribution is 2.19. The molecule has 1 aromatic rings. The second-order valence-corrected chi connectivity index (χ2v) is 5.92. The van der Waals surface area contributed by atoms with Gasteiger partial charge in [-0.05, 0) is 37.6 Å². The van der Waals surface area contributed by atoms with Crippen LogP contribution in [-0.4, -0.2) is 44.4 Å². The summed E-state index contributed by atoms with van der Waals surface area (Å²) in [7, 11) is 3.73. The first-order valence-corrected chi connectivity index (χ1v) is 7.98. The Bertz CT molecular complexity index is 363. The molecule has 2 unspecified atom stereocenters. The molecule has 1 N–H and O–H groups in total. The van der Waals surface area contributed by atoms with Gasteiger partial charge < -0.3 is 14.8 Å². The van der Waals surface area contributed by atoms with Crippen LogP contribution in [0.4, 0.5) is 0 Å². The molecule has 3 nitrogen and oxygen atoms in total. The van der Waals surface area contributed by atoms with Crippen LogP contribution in [0.1, 0.15) is 12.0 Å². The first kappa shape index (κ1) is 14.7. The molecule has 1 aromatic carbocycles. The molecule has 2 rings (SSSR count). The number of ether oxygens (including phenoxy) is 2. The Morgan fingerprint density at radius 3 is 2.79 bits per heavy atom. The molecule has 0 radical (unpaired) electrons. The Morgan fingerprint density at radius 1 is 1.42 bits per heavy atom. The second kappa shape index (κ2) is 7.78. The fourth-order valence-electron chi connectivity index (χ4n) is 2.37. The van der Waals surface area contributed by atoms with Gasteiger partial charge in [0.1, 0.15) is 5.75 Å². The number of likely N-dealkylation sites (N-methyl/N-ethyl adjacent to an activating group) is 1. The van der Waals surface area contributed by atoms with Crippen molar-refractivity contribution in [2.75, 3.05) is 32.3 Å². The van der Waals surface area contributed by atoms with Crippen LogP contribution in [0.25, 0.3) is 0 Å². The topological polar surface area (TPSA) is 30.5 Å². The first-order chi connectivity index (χ1) is 9.33. The van der Waals surface area contributed by atoms with E-state index in [4.69, 9.17) is 9.47 Å². The van der Waals surface area contributed by atoms with E-state index in [-0.39, 0.29) is 0 Å². The minimum atomic E-state index is 0.349. The average Bonchev–Trinajstić information content (AvgIpc) is 2.49. The lowest BCUT2D eigenvalue weighted by Crippen LogP contribution is -2.43. The predicted molar refractivity (Wildman–Crippen MR) is 81.2 cm³/mol. The molecule has 2 atom stereocenters. The maximum absolute atomic E-state index is 5.85. The Balaban J connectivity index is 1.84. The van der Waals surface area contributed by atoms with Gasteiger partial charge in [-0.3, -0.25) is 0 Å². The van der Waals surface area contributed by atoms with Gasteiger partial charge >= 0.3 is 0 Å². The zero-order valence-corrected chi connectivity index (χ0v) is 12.5. The van der Waals surface area contributed by atoms with E-state index in [9.17, 15) is 0 Å². The van der Waals surface area contributed by atoms with Crippen LogP contribution in [0.5, 0.6) is 5.75 Å². The van der Waals surface area contributed by atoms with Gasteiger partial charge in [-0.25, -0.2) is 0 Å². The van der Waals surface area contributed by atoms with Crippen LogP contribution in [0, 0.1) is 0 Å². The highest BCUT2D eigenvalue weighted by atomic mass is 32.2. The molecule has 0 saturated carbocycles. The van der Waals surface area contributed by atoms with E-state index in [1.54, 1.807) is 7.11 Å². The minimum Gasteiger partial charge on any atom is -0.497 e. The Hall–Kier alpha value is -0.710. The quantitative estimate of drug-likeness (QED) is 0.867. The van der Waals surface area contributed by atoms with E-state index >= 15 is 0 Å². The van der Waals surface area contributed by atoms with Crippen LogP contribution >= 0.6 is 11.8 Å². The fourth-order valence-corrected chi connectivity index (χ4v) is 3.31. The van der Waals surface area contributed by atoms with Crippen LogP contribution in [0.15, 0.2) is 24.3 Å². The Labute approximate surface area is 120 Å². The molecule has 19 heavy (non-hydrogen) atoms. The number of rotatable bonds is 6. The van der Waals surface area contributed by atoms with Crippen molar-refractivity contribution in [2.45, 2.75) is 25.0 Å². The highest BCUT2D eigenvalue weighted by Gasteiger charge is 2.23. The van der Waals surface area contributed by atoms with Crippen LogP contribution in [-0.2, 0) is 11.2 Å². The van der Waals surface area contributed by atoms with Crippen molar-refractivity contribution in [1.29, 1.82) is 0 Å². The number of aryl methyl sites for hydroxylation is 1. The molecule has 1 saturated heterocycles. The van der Waals surface area contributed by atoms with Crippen molar-refractivity contribution in [1.82, 2.24) is 5.32 Å². The maximum Gasteiger partial charge on any atom is 0.118 e. The summed E-state index contributed by atoms with van der Waals surface area (Å²) in [5.41, 5.74) is 1.35. The molecule has 0 aromatic heterocycles. The van der Waals surface area contributed by atoms with E-state index in [0.717, 1.165) is 36.7 Å². The minimum absolute atomic E-state index is 0.349. The molecule has 0 bridgehead atoms. The third kappa shape index (κ3) is 4.41. The van der Waals surface area contributed by atoms with E-state index in [0.29, 0.717) is 12.1 Å².